The first-order chi connectivity index (χ1) is 13.6. The fourth-order valence-electron chi connectivity index (χ4n) is 4.21. The molecule has 4 atom stereocenters. The van der Waals surface area contributed by atoms with E-state index in [1.165, 1.54) is 17.7 Å². The summed E-state index contributed by atoms with van der Waals surface area (Å²) in [4.78, 5) is 15.3. The summed E-state index contributed by atoms with van der Waals surface area (Å²) in [6, 6.07) is 14.3. The number of benzene rings is 2. The molecule has 6 heteroatoms. The van der Waals surface area contributed by atoms with Crippen LogP contribution >= 0.6 is 11.8 Å². The van der Waals surface area contributed by atoms with Crippen LogP contribution in [0.25, 0.3) is 0 Å². The standard InChI is InChI=1S/C22H25FN2O2S/c1-28-20-13-27-19(12-18(20)24)22(26)25-11-10-14-4-2-3-5-17(14)21(25)15-6-8-16(23)9-7-15/h2-9,18-21H,10-13,24H2,1H3/t18-,19+,20-,21-/m0/s1. The molecule has 2 aromatic carbocycles. The molecular weight excluding hydrogens is 375 g/mol. The highest BCUT2D eigenvalue weighted by Gasteiger charge is 2.39. The molecular formula is C22H25FN2O2S. The number of rotatable bonds is 3. The van der Waals surface area contributed by atoms with Crippen LogP contribution in [0.15, 0.2) is 48.5 Å². The van der Waals surface area contributed by atoms with E-state index >= 15 is 0 Å². The van der Waals surface area contributed by atoms with Gasteiger partial charge in [-0.1, -0.05) is 36.4 Å². The van der Waals surface area contributed by atoms with Crippen molar-refractivity contribution in [1.82, 2.24) is 4.90 Å². The molecule has 0 aromatic heterocycles. The largest absolute Gasteiger partial charge is 0.367 e. The van der Waals surface area contributed by atoms with E-state index in [4.69, 9.17) is 10.5 Å². The Labute approximate surface area is 169 Å². The monoisotopic (exact) mass is 400 g/mol. The molecule has 2 aliphatic rings. The summed E-state index contributed by atoms with van der Waals surface area (Å²) in [6.07, 6.45) is 2.82. The van der Waals surface area contributed by atoms with Gasteiger partial charge in [0, 0.05) is 17.8 Å². The van der Waals surface area contributed by atoms with Crippen molar-refractivity contribution in [3.8, 4) is 0 Å². The van der Waals surface area contributed by atoms with E-state index in [0.717, 1.165) is 17.5 Å². The maximum absolute atomic E-state index is 13.5. The van der Waals surface area contributed by atoms with Gasteiger partial charge in [0.05, 0.1) is 12.6 Å². The lowest BCUT2D eigenvalue weighted by atomic mass is 9.87. The first-order valence-corrected chi connectivity index (χ1v) is 10.9. The lowest BCUT2D eigenvalue weighted by Gasteiger charge is -2.41. The number of hydrogen-bond acceptors (Lipinski definition) is 4. The van der Waals surface area contributed by atoms with E-state index in [0.29, 0.717) is 19.6 Å². The minimum Gasteiger partial charge on any atom is -0.367 e. The third kappa shape index (κ3) is 3.69. The summed E-state index contributed by atoms with van der Waals surface area (Å²) in [7, 11) is 0. The second kappa shape index (κ2) is 8.23. The normalized spacial score (nSPS) is 27.3. The first kappa shape index (κ1) is 19.4. The van der Waals surface area contributed by atoms with Crippen molar-refractivity contribution in [2.24, 2.45) is 5.73 Å². The van der Waals surface area contributed by atoms with Crippen molar-refractivity contribution >= 4 is 17.7 Å². The molecule has 0 radical (unpaired) electrons. The van der Waals surface area contributed by atoms with Crippen molar-refractivity contribution in [3.63, 3.8) is 0 Å². The molecule has 1 amide bonds. The van der Waals surface area contributed by atoms with Crippen LogP contribution in [0.5, 0.6) is 0 Å². The molecule has 4 rings (SSSR count). The fraction of sp³-hybridized carbons (Fsp3) is 0.409. The highest BCUT2D eigenvalue weighted by molar-refractivity contribution is 7.99. The van der Waals surface area contributed by atoms with Gasteiger partial charge in [0.25, 0.3) is 5.91 Å². The first-order valence-electron chi connectivity index (χ1n) is 9.62. The lowest BCUT2D eigenvalue weighted by Crippen LogP contribution is -2.53. The van der Waals surface area contributed by atoms with Gasteiger partial charge in [0.15, 0.2) is 0 Å². The summed E-state index contributed by atoms with van der Waals surface area (Å²) < 4.78 is 19.4. The Balaban J connectivity index is 1.65. The zero-order valence-electron chi connectivity index (χ0n) is 15.9. The zero-order chi connectivity index (χ0) is 19.7. The molecule has 0 unspecified atom stereocenters. The number of ether oxygens (including phenoxy) is 1. The second-order valence-corrected chi connectivity index (χ2v) is 8.51. The van der Waals surface area contributed by atoms with Gasteiger partial charge >= 0.3 is 0 Å². The number of amides is 1. The van der Waals surface area contributed by atoms with Gasteiger partial charge in [-0.2, -0.15) is 11.8 Å². The Morgan fingerprint density at radius 3 is 2.68 bits per heavy atom. The van der Waals surface area contributed by atoms with Crippen LogP contribution in [0.1, 0.15) is 29.2 Å². The molecule has 148 valence electrons. The van der Waals surface area contributed by atoms with Crippen molar-refractivity contribution in [2.75, 3.05) is 19.4 Å². The minimum absolute atomic E-state index is 0.0289. The van der Waals surface area contributed by atoms with Crippen LogP contribution in [0.3, 0.4) is 0 Å². The van der Waals surface area contributed by atoms with E-state index in [1.807, 2.05) is 23.3 Å². The van der Waals surface area contributed by atoms with Crippen LogP contribution in [0.2, 0.25) is 0 Å². The molecule has 2 aromatic rings. The SMILES string of the molecule is CS[C@H]1CO[C@@H](C(=O)N2CCc3ccccc3[C@@H]2c2ccc(F)cc2)C[C@@H]1N. The Morgan fingerprint density at radius 1 is 1.21 bits per heavy atom. The third-order valence-corrected chi connectivity index (χ3v) is 6.85. The average Bonchev–Trinajstić information content (AvgIpc) is 2.73. The summed E-state index contributed by atoms with van der Waals surface area (Å²) in [5.41, 5.74) is 9.50. The minimum atomic E-state index is -0.522. The van der Waals surface area contributed by atoms with Crippen molar-refractivity contribution in [3.05, 3.63) is 71.0 Å². The van der Waals surface area contributed by atoms with Gasteiger partial charge in [-0.15, -0.1) is 0 Å². The fourth-order valence-corrected chi connectivity index (χ4v) is 4.89. The van der Waals surface area contributed by atoms with Crippen molar-refractivity contribution in [1.29, 1.82) is 0 Å². The molecule has 0 aliphatic carbocycles. The predicted molar refractivity (Wildman–Crippen MR) is 110 cm³/mol. The third-order valence-electron chi connectivity index (χ3n) is 5.76. The number of nitrogens with two attached hydrogens (primary N) is 1. The quantitative estimate of drug-likeness (QED) is 0.860. The smallest absolute Gasteiger partial charge is 0.252 e. The van der Waals surface area contributed by atoms with E-state index in [9.17, 15) is 9.18 Å². The highest BCUT2D eigenvalue weighted by atomic mass is 32.2. The van der Waals surface area contributed by atoms with E-state index < -0.39 is 6.10 Å². The van der Waals surface area contributed by atoms with E-state index in [1.54, 1.807) is 23.9 Å². The Kier molecular flexibility index (Phi) is 5.71. The molecule has 2 heterocycles. The Bertz CT molecular complexity index is 845. The van der Waals surface area contributed by atoms with Crippen LogP contribution in [0, 0.1) is 5.82 Å². The molecule has 28 heavy (non-hydrogen) atoms. The molecule has 2 N–H and O–H groups in total. The average molecular weight is 401 g/mol. The maximum atomic E-state index is 13.5. The van der Waals surface area contributed by atoms with E-state index in [2.05, 4.69) is 12.1 Å². The zero-order valence-corrected chi connectivity index (χ0v) is 16.7. The summed E-state index contributed by atoms with van der Waals surface area (Å²) >= 11 is 1.68. The molecule has 4 nitrogen and oxygen atoms in total. The molecule has 1 saturated heterocycles. The van der Waals surface area contributed by atoms with Gasteiger partial charge < -0.3 is 15.4 Å². The van der Waals surface area contributed by atoms with Gasteiger partial charge in [-0.25, -0.2) is 4.39 Å². The van der Waals surface area contributed by atoms with Crippen molar-refractivity contribution < 1.29 is 13.9 Å². The Hall–Kier alpha value is -1.89. The van der Waals surface area contributed by atoms with Crippen LogP contribution in [0.4, 0.5) is 4.39 Å². The maximum Gasteiger partial charge on any atom is 0.252 e. The van der Waals surface area contributed by atoms with Gasteiger partial charge in [-0.3, -0.25) is 4.79 Å². The van der Waals surface area contributed by atoms with Gasteiger partial charge in [0.2, 0.25) is 0 Å². The van der Waals surface area contributed by atoms with E-state index in [-0.39, 0.29) is 29.1 Å². The van der Waals surface area contributed by atoms with Crippen LogP contribution < -0.4 is 5.73 Å². The molecule has 2 aliphatic heterocycles. The topological polar surface area (TPSA) is 55.6 Å². The number of carbonyl (C=O) groups is 1. The number of hydrogen-bond donors (Lipinski definition) is 1. The molecule has 0 bridgehead atoms. The Morgan fingerprint density at radius 2 is 1.96 bits per heavy atom. The van der Waals surface area contributed by atoms with Gasteiger partial charge in [-0.05, 0) is 47.9 Å². The number of carbonyl (C=O) groups excluding carboxylic acids is 1. The van der Waals surface area contributed by atoms with Crippen LogP contribution in [-0.2, 0) is 16.0 Å². The number of thioether (sulfide) groups is 1. The number of halogens is 1. The molecule has 0 saturated carbocycles. The highest BCUT2D eigenvalue weighted by Crippen LogP contribution is 2.36. The lowest BCUT2D eigenvalue weighted by molar-refractivity contribution is -0.149. The predicted octanol–water partition coefficient (Wildman–Crippen LogP) is 3.15. The molecule has 0 spiro atoms. The second-order valence-electron chi connectivity index (χ2n) is 7.43. The van der Waals surface area contributed by atoms with Crippen molar-refractivity contribution in [2.45, 2.75) is 36.3 Å². The molecule has 1 fully saturated rings. The number of fused-ring (bicyclic) bond motifs is 1. The number of nitrogens with zero attached hydrogens (tertiary/aromatic N) is 1. The summed E-state index contributed by atoms with van der Waals surface area (Å²) in [5, 5.41) is 0.221. The van der Waals surface area contributed by atoms with Gasteiger partial charge in [0.1, 0.15) is 11.9 Å². The summed E-state index contributed by atoms with van der Waals surface area (Å²) in [5.74, 6) is -0.311. The summed E-state index contributed by atoms with van der Waals surface area (Å²) in [6.45, 7) is 1.10. The van der Waals surface area contributed by atoms with Crippen LogP contribution in [-0.4, -0.2) is 47.6 Å².